The zero-order valence-electron chi connectivity index (χ0n) is 5.26. The van der Waals surface area contributed by atoms with Crippen molar-refractivity contribution in [3.05, 3.63) is 5.41 Å². The number of ketones is 1. The summed E-state index contributed by atoms with van der Waals surface area (Å²) in [6, 6.07) is 0. The molecule has 4 heteroatoms. The van der Waals surface area contributed by atoms with Crippen LogP contribution in [0.4, 0.5) is 0 Å². The van der Waals surface area contributed by atoms with Crippen molar-refractivity contribution < 1.29 is 4.79 Å². The van der Waals surface area contributed by atoms with Crippen molar-refractivity contribution in [2.24, 2.45) is 0 Å². The average molecular weight is 134 g/mol. The van der Waals surface area contributed by atoms with Gasteiger partial charge in [0, 0.05) is 0 Å². The van der Waals surface area contributed by atoms with Crippen LogP contribution in [0.2, 0.25) is 0 Å². The molecule has 0 aromatic rings. The lowest BCUT2D eigenvalue weighted by Crippen LogP contribution is -1.69. The van der Waals surface area contributed by atoms with Crippen LogP contribution in [-0.4, -0.2) is 10.9 Å². The molecule has 8 heavy (non-hydrogen) atoms. The Kier molecular flexibility index (Phi) is 31.5. The Morgan fingerprint density at radius 2 is 1.62 bits per heavy atom. The molecule has 4 N–H and O–H groups in total. The van der Waals surface area contributed by atoms with Crippen LogP contribution < -0.4 is 6.15 Å². The predicted octanol–water partition coefficient (Wildman–Crippen LogP) is 1.63. The third-order valence-electron chi connectivity index (χ3n) is 0. The summed E-state index contributed by atoms with van der Waals surface area (Å²) in [5, 5.41) is 8.47. The van der Waals surface area contributed by atoms with E-state index in [-0.39, 0.29) is 11.9 Å². The Balaban J connectivity index is -0.0000000575. The summed E-state index contributed by atoms with van der Waals surface area (Å²) in [6.07, 6.45) is 0. The molecule has 0 aliphatic rings. The SMILES string of the molecule is CC(C)=O.[N-]=C=S.[NH4+]. The van der Waals surface area contributed by atoms with Crippen molar-refractivity contribution in [3.63, 3.8) is 0 Å². The highest BCUT2D eigenvalue weighted by molar-refractivity contribution is 7.78. The van der Waals surface area contributed by atoms with E-state index in [2.05, 4.69) is 12.2 Å². The first-order chi connectivity index (χ1) is 3.15. The smallest absolute Gasteiger partial charge is 0.126 e. The number of isothiocyanates is 1. The van der Waals surface area contributed by atoms with Gasteiger partial charge in [0.05, 0.1) is 0 Å². The number of thiocarbonyl (C=S) groups is 1. The van der Waals surface area contributed by atoms with Crippen molar-refractivity contribution >= 4 is 23.2 Å². The van der Waals surface area contributed by atoms with Gasteiger partial charge in [-0.15, -0.1) is 0 Å². The fourth-order valence-corrected chi connectivity index (χ4v) is 0. The topological polar surface area (TPSA) is 75.9 Å². The van der Waals surface area contributed by atoms with Crippen molar-refractivity contribution in [1.29, 1.82) is 0 Å². The van der Waals surface area contributed by atoms with Gasteiger partial charge in [-0.05, 0) is 13.8 Å². The first kappa shape index (κ1) is 15.7. The van der Waals surface area contributed by atoms with Crippen LogP contribution in [0.5, 0.6) is 0 Å². The summed E-state index contributed by atoms with van der Waals surface area (Å²) in [6.45, 7) is 3.06. The summed E-state index contributed by atoms with van der Waals surface area (Å²) in [5.41, 5.74) is 0. The molecule has 48 valence electrons. The van der Waals surface area contributed by atoms with E-state index in [1.54, 1.807) is 0 Å². The van der Waals surface area contributed by atoms with E-state index in [0.29, 0.717) is 0 Å². The minimum Gasteiger partial charge on any atom is -0.753 e. The largest absolute Gasteiger partial charge is 0.753 e. The van der Waals surface area contributed by atoms with Gasteiger partial charge in [-0.2, -0.15) is 5.16 Å². The van der Waals surface area contributed by atoms with E-state index in [1.807, 2.05) is 0 Å². The van der Waals surface area contributed by atoms with Crippen LogP contribution in [0.25, 0.3) is 5.41 Å². The van der Waals surface area contributed by atoms with E-state index in [4.69, 9.17) is 5.41 Å². The molecule has 0 fully saturated rings. The van der Waals surface area contributed by atoms with Gasteiger partial charge in [-0.3, -0.25) is 0 Å². The van der Waals surface area contributed by atoms with Crippen molar-refractivity contribution in [1.82, 2.24) is 6.15 Å². The Morgan fingerprint density at radius 3 is 1.62 bits per heavy atom. The lowest BCUT2D eigenvalue weighted by molar-refractivity contribution is -0.114. The summed E-state index contributed by atoms with van der Waals surface area (Å²) < 4.78 is 0. The van der Waals surface area contributed by atoms with E-state index < -0.39 is 0 Å². The second kappa shape index (κ2) is 16.1. The molecule has 0 aromatic heterocycles. The third-order valence-corrected chi connectivity index (χ3v) is 0. The molecule has 0 rings (SSSR count). The molecule has 0 spiro atoms. The molecule has 0 aliphatic heterocycles. The monoisotopic (exact) mass is 134 g/mol. The van der Waals surface area contributed by atoms with E-state index in [9.17, 15) is 4.79 Å². The molecular formula is C4H10N2OS. The number of hydrogen-bond donors (Lipinski definition) is 1. The average Bonchev–Trinajstić information content (AvgIpc) is 1.33. The molecule has 0 bridgehead atoms. The molecule has 3 nitrogen and oxygen atoms in total. The van der Waals surface area contributed by atoms with Gasteiger partial charge in [0.1, 0.15) is 5.78 Å². The molecule has 0 amide bonds. The van der Waals surface area contributed by atoms with E-state index >= 15 is 0 Å². The Morgan fingerprint density at radius 1 is 1.62 bits per heavy atom. The number of carbonyl (C=O) groups excluding carboxylic acids is 1. The number of carbonyl (C=O) groups is 1. The third kappa shape index (κ3) is 328. The first-order valence-corrected chi connectivity index (χ1v) is 2.04. The molecule has 0 aromatic carbocycles. The van der Waals surface area contributed by atoms with Gasteiger partial charge in [-0.25, -0.2) is 0 Å². The van der Waals surface area contributed by atoms with Crippen LogP contribution in [-0.2, 0) is 4.79 Å². The molecule has 0 radical (unpaired) electrons. The van der Waals surface area contributed by atoms with Crippen LogP contribution in [0.15, 0.2) is 0 Å². The number of nitrogens with zero attached hydrogens (tertiary/aromatic N) is 1. The second-order valence-corrected chi connectivity index (χ2v) is 1.18. The van der Waals surface area contributed by atoms with Crippen molar-refractivity contribution in [3.8, 4) is 0 Å². The fraction of sp³-hybridized carbons (Fsp3) is 0.500. The molecule has 0 unspecified atom stereocenters. The van der Waals surface area contributed by atoms with Crippen LogP contribution >= 0.6 is 12.2 Å². The summed E-state index contributed by atoms with van der Waals surface area (Å²) in [5.74, 6) is 0.167. The second-order valence-electron chi connectivity index (χ2n) is 1.000. The molecule has 0 atom stereocenters. The lowest BCUT2D eigenvalue weighted by atomic mass is 10.6. The van der Waals surface area contributed by atoms with Crippen LogP contribution in [0, 0.1) is 0 Å². The number of Topliss-reactive ketones (excluding diaryl/α,β-unsaturated/α-hetero) is 1. The Hall–Kier alpha value is -0.570. The summed E-state index contributed by atoms with van der Waals surface area (Å²) >= 11 is 3.70. The zero-order chi connectivity index (χ0) is 6.28. The molecule has 0 saturated carbocycles. The highest BCUT2D eigenvalue weighted by atomic mass is 32.1. The van der Waals surface area contributed by atoms with Gasteiger partial charge < -0.3 is 16.4 Å². The van der Waals surface area contributed by atoms with Crippen LogP contribution in [0.1, 0.15) is 13.8 Å². The minimum absolute atomic E-state index is 0. The molecular weight excluding hydrogens is 124 g/mol. The summed E-state index contributed by atoms with van der Waals surface area (Å²) in [7, 11) is 0. The maximum atomic E-state index is 9.44. The fourth-order valence-electron chi connectivity index (χ4n) is 0. The van der Waals surface area contributed by atoms with Crippen LogP contribution in [0.3, 0.4) is 0 Å². The normalized spacial score (nSPS) is 4.25. The van der Waals surface area contributed by atoms with Crippen molar-refractivity contribution in [2.45, 2.75) is 13.8 Å². The molecule has 0 heterocycles. The number of rotatable bonds is 0. The molecule has 0 aliphatic carbocycles. The number of hydrogen-bond acceptors (Lipinski definition) is 2. The molecule has 0 saturated heterocycles. The minimum atomic E-state index is 0. The van der Waals surface area contributed by atoms with E-state index in [1.165, 1.54) is 19.0 Å². The van der Waals surface area contributed by atoms with E-state index in [0.717, 1.165) is 0 Å². The predicted molar refractivity (Wildman–Crippen MR) is 38.3 cm³/mol. The Bertz CT molecular complexity index is 82.0. The maximum Gasteiger partial charge on any atom is 0.126 e. The van der Waals surface area contributed by atoms with Gasteiger partial charge in [0.2, 0.25) is 0 Å². The number of quaternary nitrogens is 1. The summed E-state index contributed by atoms with van der Waals surface area (Å²) in [4.78, 5) is 9.44. The maximum absolute atomic E-state index is 9.44. The first-order valence-electron chi connectivity index (χ1n) is 1.63. The van der Waals surface area contributed by atoms with Gasteiger partial charge in [0.25, 0.3) is 0 Å². The van der Waals surface area contributed by atoms with Crippen molar-refractivity contribution in [2.75, 3.05) is 0 Å². The van der Waals surface area contributed by atoms with Gasteiger partial charge in [-0.1, -0.05) is 12.2 Å². The zero-order valence-corrected chi connectivity index (χ0v) is 6.08. The van der Waals surface area contributed by atoms with Gasteiger partial charge in [0.15, 0.2) is 0 Å². The Labute approximate surface area is 54.2 Å². The standard InChI is InChI=1S/C3H6O.CNS.H3N/c1-3(2)4;2-1-3;/h1-2H3;;1H3/q;-1;/p+1. The van der Waals surface area contributed by atoms with Gasteiger partial charge >= 0.3 is 0 Å². The quantitative estimate of drug-likeness (QED) is 0.403. The highest BCUT2D eigenvalue weighted by Gasteiger charge is 1.62. The lowest BCUT2D eigenvalue weighted by Gasteiger charge is -1.56. The highest BCUT2D eigenvalue weighted by Crippen LogP contribution is 1.50.